The minimum Gasteiger partial charge on any atom is -0.314 e. The molecule has 2 heteroatoms. The van der Waals surface area contributed by atoms with Crippen LogP contribution >= 0.6 is 0 Å². The van der Waals surface area contributed by atoms with Gasteiger partial charge in [0.05, 0.1) is 0 Å². The van der Waals surface area contributed by atoms with E-state index in [1.54, 1.807) is 0 Å². The van der Waals surface area contributed by atoms with Crippen molar-refractivity contribution in [3.05, 3.63) is 0 Å². The van der Waals surface area contributed by atoms with Crippen LogP contribution in [0.4, 0.5) is 0 Å². The highest BCUT2D eigenvalue weighted by Crippen LogP contribution is 2.11. The monoisotopic (exact) mass is 254 g/mol. The Morgan fingerprint density at radius 2 is 1.61 bits per heavy atom. The molecule has 1 saturated heterocycles. The highest BCUT2D eigenvalue weighted by Gasteiger charge is 2.13. The Morgan fingerprint density at radius 1 is 0.944 bits per heavy atom. The molecule has 0 saturated carbocycles. The van der Waals surface area contributed by atoms with Gasteiger partial charge in [0.2, 0.25) is 0 Å². The summed E-state index contributed by atoms with van der Waals surface area (Å²) in [6.45, 7) is 14.4. The molecule has 1 aliphatic rings. The zero-order valence-corrected chi connectivity index (χ0v) is 13.0. The van der Waals surface area contributed by atoms with Crippen molar-refractivity contribution in [3.8, 4) is 0 Å². The Labute approximate surface area is 115 Å². The van der Waals surface area contributed by atoms with E-state index in [-0.39, 0.29) is 0 Å². The Balaban J connectivity index is 2.06. The molecule has 1 heterocycles. The van der Waals surface area contributed by atoms with Gasteiger partial charge in [-0.2, -0.15) is 0 Å². The van der Waals surface area contributed by atoms with E-state index in [0.29, 0.717) is 6.04 Å². The van der Waals surface area contributed by atoms with E-state index in [9.17, 15) is 0 Å². The van der Waals surface area contributed by atoms with E-state index in [1.807, 2.05) is 0 Å². The van der Waals surface area contributed by atoms with Crippen molar-refractivity contribution < 1.29 is 0 Å². The second-order valence-corrected chi connectivity index (χ2v) is 6.75. The van der Waals surface area contributed by atoms with Gasteiger partial charge in [-0.1, -0.05) is 27.2 Å². The smallest absolute Gasteiger partial charge is 0.00389 e. The molecule has 2 atom stereocenters. The lowest BCUT2D eigenvalue weighted by molar-refractivity contribution is 0.197. The average molecular weight is 254 g/mol. The van der Waals surface area contributed by atoms with Gasteiger partial charge in [0.25, 0.3) is 0 Å². The van der Waals surface area contributed by atoms with Gasteiger partial charge in [-0.25, -0.2) is 0 Å². The summed E-state index contributed by atoms with van der Waals surface area (Å²) < 4.78 is 0. The van der Waals surface area contributed by atoms with E-state index in [1.165, 1.54) is 58.3 Å². The SMILES string of the molecule is CC(C)CCC(C)NCC(C)CN1CCCCC1. The van der Waals surface area contributed by atoms with Crippen LogP contribution in [0.3, 0.4) is 0 Å². The third-order valence-corrected chi connectivity index (χ3v) is 4.01. The normalized spacial score (nSPS) is 21.2. The van der Waals surface area contributed by atoms with Crippen LogP contribution in [0.2, 0.25) is 0 Å². The number of nitrogens with zero attached hydrogens (tertiary/aromatic N) is 1. The van der Waals surface area contributed by atoms with E-state index in [0.717, 1.165) is 11.8 Å². The van der Waals surface area contributed by atoms with Gasteiger partial charge in [-0.05, 0) is 64.1 Å². The molecule has 1 aliphatic heterocycles. The van der Waals surface area contributed by atoms with E-state index >= 15 is 0 Å². The van der Waals surface area contributed by atoms with Crippen LogP contribution in [0.1, 0.15) is 59.8 Å². The van der Waals surface area contributed by atoms with Crippen LogP contribution in [-0.4, -0.2) is 37.1 Å². The second-order valence-electron chi connectivity index (χ2n) is 6.75. The lowest BCUT2D eigenvalue weighted by Crippen LogP contribution is -2.38. The molecule has 0 spiro atoms. The Hall–Kier alpha value is -0.0800. The second kappa shape index (κ2) is 8.92. The summed E-state index contributed by atoms with van der Waals surface area (Å²) in [5.41, 5.74) is 0. The molecule has 2 unspecified atom stereocenters. The first-order chi connectivity index (χ1) is 8.58. The maximum absolute atomic E-state index is 3.70. The standard InChI is InChI=1S/C16H34N2/c1-14(2)8-9-16(4)17-12-15(3)13-18-10-6-5-7-11-18/h14-17H,5-13H2,1-4H3. The third-order valence-electron chi connectivity index (χ3n) is 4.01. The number of rotatable bonds is 8. The van der Waals surface area contributed by atoms with Crippen molar-refractivity contribution in [3.63, 3.8) is 0 Å². The van der Waals surface area contributed by atoms with Gasteiger partial charge < -0.3 is 10.2 Å². The summed E-state index contributed by atoms with van der Waals surface area (Å²) in [5.74, 6) is 1.62. The summed E-state index contributed by atoms with van der Waals surface area (Å²) in [7, 11) is 0. The van der Waals surface area contributed by atoms with Crippen LogP contribution in [0.15, 0.2) is 0 Å². The molecular formula is C16H34N2. The Morgan fingerprint density at radius 3 is 2.22 bits per heavy atom. The number of hydrogen-bond acceptors (Lipinski definition) is 2. The minimum atomic E-state index is 0.677. The Bertz CT molecular complexity index is 197. The molecule has 1 N–H and O–H groups in total. The van der Waals surface area contributed by atoms with Crippen molar-refractivity contribution in [1.82, 2.24) is 10.2 Å². The van der Waals surface area contributed by atoms with Gasteiger partial charge in [0.15, 0.2) is 0 Å². The largest absolute Gasteiger partial charge is 0.314 e. The Kier molecular flexibility index (Phi) is 7.92. The fourth-order valence-corrected chi connectivity index (χ4v) is 2.74. The van der Waals surface area contributed by atoms with Gasteiger partial charge >= 0.3 is 0 Å². The molecule has 0 aromatic heterocycles. The molecular weight excluding hydrogens is 220 g/mol. The molecule has 1 rings (SSSR count). The number of nitrogens with one attached hydrogen (secondary N) is 1. The molecule has 18 heavy (non-hydrogen) atoms. The zero-order valence-electron chi connectivity index (χ0n) is 13.0. The summed E-state index contributed by atoms with van der Waals surface area (Å²) in [5, 5.41) is 3.70. The summed E-state index contributed by atoms with van der Waals surface area (Å²) in [6, 6.07) is 0.677. The molecule has 0 aromatic rings. The molecule has 0 aromatic carbocycles. The van der Waals surface area contributed by atoms with Crippen LogP contribution < -0.4 is 5.32 Å². The van der Waals surface area contributed by atoms with Crippen molar-refractivity contribution in [2.45, 2.75) is 65.8 Å². The molecule has 1 fully saturated rings. The van der Waals surface area contributed by atoms with Crippen LogP contribution in [0, 0.1) is 11.8 Å². The van der Waals surface area contributed by atoms with Crippen molar-refractivity contribution in [2.75, 3.05) is 26.2 Å². The molecule has 0 radical (unpaired) electrons. The molecule has 0 amide bonds. The van der Waals surface area contributed by atoms with Crippen LogP contribution in [0.5, 0.6) is 0 Å². The highest BCUT2D eigenvalue weighted by atomic mass is 15.1. The molecule has 0 aliphatic carbocycles. The van der Waals surface area contributed by atoms with Crippen LogP contribution in [0.25, 0.3) is 0 Å². The summed E-state index contributed by atoms with van der Waals surface area (Å²) in [6.07, 6.45) is 6.91. The fourth-order valence-electron chi connectivity index (χ4n) is 2.74. The molecule has 0 bridgehead atoms. The van der Waals surface area contributed by atoms with Crippen LogP contribution in [-0.2, 0) is 0 Å². The minimum absolute atomic E-state index is 0.677. The lowest BCUT2D eigenvalue weighted by atomic mass is 10.0. The first-order valence-electron chi connectivity index (χ1n) is 8.03. The maximum atomic E-state index is 3.70. The molecule has 108 valence electrons. The predicted octanol–water partition coefficient (Wildman–Crippen LogP) is 3.52. The van der Waals surface area contributed by atoms with Gasteiger partial charge in [-0.15, -0.1) is 0 Å². The molecule has 2 nitrogen and oxygen atoms in total. The number of piperidine rings is 1. The first kappa shape index (κ1) is 16.0. The van der Waals surface area contributed by atoms with E-state index in [2.05, 4.69) is 37.9 Å². The van der Waals surface area contributed by atoms with Crippen molar-refractivity contribution in [2.24, 2.45) is 11.8 Å². The van der Waals surface area contributed by atoms with Gasteiger partial charge in [-0.3, -0.25) is 0 Å². The predicted molar refractivity (Wildman–Crippen MR) is 81.0 cm³/mol. The fraction of sp³-hybridized carbons (Fsp3) is 1.00. The van der Waals surface area contributed by atoms with E-state index in [4.69, 9.17) is 0 Å². The summed E-state index contributed by atoms with van der Waals surface area (Å²) in [4.78, 5) is 2.65. The van der Waals surface area contributed by atoms with E-state index < -0.39 is 0 Å². The highest BCUT2D eigenvalue weighted by molar-refractivity contribution is 4.70. The number of likely N-dealkylation sites (tertiary alicyclic amines) is 1. The van der Waals surface area contributed by atoms with Gasteiger partial charge in [0, 0.05) is 12.6 Å². The number of hydrogen-bond donors (Lipinski definition) is 1. The summed E-state index contributed by atoms with van der Waals surface area (Å²) >= 11 is 0. The average Bonchev–Trinajstić information content (AvgIpc) is 2.35. The zero-order chi connectivity index (χ0) is 13.4. The maximum Gasteiger partial charge on any atom is 0.00389 e. The third kappa shape index (κ3) is 7.38. The van der Waals surface area contributed by atoms with Crippen molar-refractivity contribution in [1.29, 1.82) is 0 Å². The topological polar surface area (TPSA) is 15.3 Å². The quantitative estimate of drug-likeness (QED) is 0.713. The first-order valence-corrected chi connectivity index (χ1v) is 8.03. The van der Waals surface area contributed by atoms with Gasteiger partial charge in [0.1, 0.15) is 0 Å². The van der Waals surface area contributed by atoms with Crippen molar-refractivity contribution >= 4 is 0 Å². The lowest BCUT2D eigenvalue weighted by Gasteiger charge is -2.29.